The van der Waals surface area contributed by atoms with Crippen molar-refractivity contribution in [1.82, 2.24) is 9.80 Å². The Morgan fingerprint density at radius 1 is 1.20 bits per heavy atom. The monoisotopic (exact) mass is 432 g/mol. The molecule has 8 nitrogen and oxygen atoms in total. The second kappa shape index (κ2) is 9.34. The number of carbonyl (C=O) groups is 4. The second-order valence-electron chi connectivity index (χ2n) is 7.34. The van der Waals surface area contributed by atoms with Gasteiger partial charge in [0.1, 0.15) is 6.54 Å². The minimum absolute atomic E-state index is 0.210. The van der Waals surface area contributed by atoms with Crippen molar-refractivity contribution in [2.24, 2.45) is 5.92 Å². The van der Waals surface area contributed by atoms with Gasteiger partial charge in [-0.3, -0.25) is 24.1 Å². The maximum atomic E-state index is 12.7. The van der Waals surface area contributed by atoms with E-state index in [-0.39, 0.29) is 23.1 Å². The van der Waals surface area contributed by atoms with Crippen LogP contribution < -0.4 is 9.47 Å². The Balaban J connectivity index is 1.71. The molecule has 0 unspecified atom stereocenters. The molecule has 2 aliphatic rings. The molecule has 0 aliphatic carbocycles. The van der Waals surface area contributed by atoms with Crippen LogP contribution in [0, 0.1) is 5.92 Å². The Morgan fingerprint density at radius 2 is 1.90 bits per heavy atom. The highest BCUT2D eigenvalue weighted by Crippen LogP contribution is 2.34. The van der Waals surface area contributed by atoms with Crippen LogP contribution in [0.4, 0.5) is 4.79 Å². The second-order valence-corrected chi connectivity index (χ2v) is 8.33. The molecule has 30 heavy (non-hydrogen) atoms. The number of rotatable bonds is 5. The number of imide groups is 1. The van der Waals surface area contributed by atoms with E-state index in [9.17, 15) is 19.2 Å². The Morgan fingerprint density at radius 3 is 2.53 bits per heavy atom. The standard InChI is InChI=1S/C21H24N2O6S/c1-13-6-8-22(9-7-13)19(25)12-23-20(26)18(30-21(23)27)11-15-4-5-16(29-14(2)24)17(10-15)28-3/h4-5,10-11,13H,6-9,12H2,1-3H3. The van der Waals surface area contributed by atoms with Crippen molar-refractivity contribution >= 4 is 40.9 Å². The molecular formula is C21H24N2O6S. The molecule has 3 rings (SSSR count). The molecule has 2 aliphatic heterocycles. The summed E-state index contributed by atoms with van der Waals surface area (Å²) in [7, 11) is 1.44. The van der Waals surface area contributed by atoms with Gasteiger partial charge in [0.25, 0.3) is 11.1 Å². The van der Waals surface area contributed by atoms with Crippen molar-refractivity contribution in [3.63, 3.8) is 0 Å². The Hall–Kier alpha value is -2.81. The molecule has 0 spiro atoms. The van der Waals surface area contributed by atoms with Gasteiger partial charge >= 0.3 is 5.97 Å². The van der Waals surface area contributed by atoms with E-state index in [1.54, 1.807) is 29.2 Å². The third-order valence-electron chi connectivity index (χ3n) is 5.04. The number of thioether (sulfide) groups is 1. The number of hydrogen-bond donors (Lipinski definition) is 0. The fourth-order valence-electron chi connectivity index (χ4n) is 3.29. The summed E-state index contributed by atoms with van der Waals surface area (Å²) in [5, 5.41) is -0.464. The van der Waals surface area contributed by atoms with Gasteiger partial charge in [-0.05, 0) is 54.3 Å². The summed E-state index contributed by atoms with van der Waals surface area (Å²) in [6, 6.07) is 4.80. The summed E-state index contributed by atoms with van der Waals surface area (Å²) >= 11 is 0.796. The van der Waals surface area contributed by atoms with Crippen LogP contribution in [0.25, 0.3) is 6.08 Å². The summed E-state index contributed by atoms with van der Waals surface area (Å²) < 4.78 is 10.3. The van der Waals surface area contributed by atoms with Crippen LogP contribution in [0.3, 0.4) is 0 Å². The summed E-state index contributed by atoms with van der Waals surface area (Å²) in [5.74, 6) is -0.0117. The fourth-order valence-corrected chi connectivity index (χ4v) is 4.13. The normalized spacial score (nSPS) is 18.8. The molecular weight excluding hydrogens is 408 g/mol. The zero-order chi connectivity index (χ0) is 21.8. The lowest BCUT2D eigenvalue weighted by Crippen LogP contribution is -2.45. The first-order valence-corrected chi connectivity index (χ1v) is 10.5. The van der Waals surface area contributed by atoms with E-state index in [4.69, 9.17) is 9.47 Å². The van der Waals surface area contributed by atoms with Crippen molar-refractivity contribution in [3.05, 3.63) is 28.7 Å². The molecule has 0 N–H and O–H groups in total. The first-order chi connectivity index (χ1) is 14.3. The SMILES string of the molecule is COc1cc(C=C2SC(=O)N(CC(=O)N3CCC(C)CC3)C2=O)ccc1OC(C)=O. The first-order valence-electron chi connectivity index (χ1n) is 9.68. The highest BCUT2D eigenvalue weighted by Gasteiger charge is 2.37. The minimum Gasteiger partial charge on any atom is -0.493 e. The van der Waals surface area contributed by atoms with Crippen LogP contribution in [0.2, 0.25) is 0 Å². The van der Waals surface area contributed by atoms with Gasteiger partial charge in [0.2, 0.25) is 5.91 Å². The number of carbonyl (C=O) groups excluding carboxylic acids is 4. The average molecular weight is 432 g/mol. The third kappa shape index (κ3) is 5.02. The van der Waals surface area contributed by atoms with Crippen LogP contribution >= 0.6 is 11.8 Å². The zero-order valence-electron chi connectivity index (χ0n) is 17.2. The lowest BCUT2D eigenvalue weighted by molar-refractivity contribution is -0.136. The van der Waals surface area contributed by atoms with E-state index < -0.39 is 17.1 Å². The molecule has 0 aromatic heterocycles. The van der Waals surface area contributed by atoms with Crippen molar-refractivity contribution in [1.29, 1.82) is 0 Å². The number of hydrogen-bond acceptors (Lipinski definition) is 7. The van der Waals surface area contributed by atoms with E-state index >= 15 is 0 Å². The number of likely N-dealkylation sites (tertiary alicyclic amines) is 1. The van der Waals surface area contributed by atoms with Crippen molar-refractivity contribution in [2.45, 2.75) is 26.7 Å². The fraction of sp³-hybridized carbons (Fsp3) is 0.429. The first kappa shape index (κ1) is 21.9. The molecule has 2 heterocycles. The van der Waals surface area contributed by atoms with Gasteiger partial charge < -0.3 is 14.4 Å². The number of nitrogens with zero attached hydrogens (tertiary/aromatic N) is 2. The highest BCUT2D eigenvalue weighted by atomic mass is 32.2. The number of amides is 3. The molecule has 0 atom stereocenters. The van der Waals surface area contributed by atoms with Crippen LogP contribution in [-0.4, -0.2) is 59.6 Å². The quantitative estimate of drug-likeness (QED) is 0.401. The maximum absolute atomic E-state index is 12.7. The minimum atomic E-state index is -0.494. The smallest absolute Gasteiger partial charge is 0.308 e. The molecule has 160 valence electrons. The summed E-state index contributed by atoms with van der Waals surface area (Å²) in [6.45, 7) is 4.50. The van der Waals surface area contributed by atoms with Crippen molar-refractivity contribution in [2.75, 3.05) is 26.7 Å². The highest BCUT2D eigenvalue weighted by molar-refractivity contribution is 8.18. The predicted molar refractivity (Wildman–Crippen MR) is 112 cm³/mol. The zero-order valence-corrected chi connectivity index (χ0v) is 18.0. The molecule has 1 aromatic carbocycles. The molecule has 3 amide bonds. The lowest BCUT2D eigenvalue weighted by atomic mass is 9.99. The summed E-state index contributed by atoms with van der Waals surface area (Å²) in [4.78, 5) is 51.6. The molecule has 0 radical (unpaired) electrons. The number of methoxy groups -OCH3 is 1. The number of ether oxygens (including phenoxy) is 2. The van der Waals surface area contributed by atoms with Gasteiger partial charge in [-0.2, -0.15) is 0 Å². The predicted octanol–water partition coefficient (Wildman–Crippen LogP) is 2.92. The number of piperidine rings is 1. The van der Waals surface area contributed by atoms with Crippen molar-refractivity contribution in [3.8, 4) is 11.5 Å². The van der Waals surface area contributed by atoms with E-state index in [2.05, 4.69) is 6.92 Å². The number of esters is 1. The Bertz CT molecular complexity index is 905. The van der Waals surface area contributed by atoms with E-state index in [0.29, 0.717) is 30.3 Å². The lowest BCUT2D eigenvalue weighted by Gasteiger charge is -2.31. The molecule has 1 aromatic rings. The molecule has 0 saturated carbocycles. The number of benzene rings is 1. The summed E-state index contributed by atoms with van der Waals surface area (Å²) in [5.41, 5.74) is 0.601. The Labute approximate surface area is 179 Å². The van der Waals surface area contributed by atoms with Gasteiger partial charge in [0.05, 0.1) is 12.0 Å². The van der Waals surface area contributed by atoms with Crippen molar-refractivity contribution < 1.29 is 28.7 Å². The average Bonchev–Trinajstić information content (AvgIpc) is 2.96. The van der Waals surface area contributed by atoms with Gasteiger partial charge in [-0.15, -0.1) is 0 Å². The van der Waals surface area contributed by atoms with Gasteiger partial charge in [-0.1, -0.05) is 13.0 Å². The topological polar surface area (TPSA) is 93.2 Å². The molecule has 2 saturated heterocycles. The third-order valence-corrected chi connectivity index (χ3v) is 5.95. The van der Waals surface area contributed by atoms with Gasteiger partial charge in [-0.25, -0.2) is 0 Å². The molecule has 0 bridgehead atoms. The largest absolute Gasteiger partial charge is 0.493 e. The Kier molecular flexibility index (Phi) is 6.81. The van der Waals surface area contributed by atoms with E-state index in [1.165, 1.54) is 14.0 Å². The van der Waals surface area contributed by atoms with Gasteiger partial charge in [0, 0.05) is 20.0 Å². The van der Waals surface area contributed by atoms with Crippen LogP contribution in [0.5, 0.6) is 11.5 Å². The van der Waals surface area contributed by atoms with Crippen LogP contribution in [-0.2, 0) is 14.4 Å². The van der Waals surface area contributed by atoms with E-state index in [0.717, 1.165) is 29.5 Å². The summed E-state index contributed by atoms with van der Waals surface area (Å²) in [6.07, 6.45) is 3.41. The molecule has 2 fully saturated rings. The van der Waals surface area contributed by atoms with E-state index in [1.807, 2.05) is 0 Å². The van der Waals surface area contributed by atoms with Gasteiger partial charge in [0.15, 0.2) is 11.5 Å². The van der Waals surface area contributed by atoms with Crippen LogP contribution in [0.15, 0.2) is 23.1 Å². The van der Waals surface area contributed by atoms with Crippen LogP contribution in [0.1, 0.15) is 32.3 Å². The molecule has 9 heteroatoms. The maximum Gasteiger partial charge on any atom is 0.308 e.